The van der Waals surface area contributed by atoms with Gasteiger partial charge in [-0.1, -0.05) is 18.5 Å². The van der Waals surface area contributed by atoms with Crippen LogP contribution in [-0.4, -0.2) is 17.9 Å². The number of amides is 1. The zero-order chi connectivity index (χ0) is 14.5. The van der Waals surface area contributed by atoms with Gasteiger partial charge in [0.1, 0.15) is 5.82 Å². The first kappa shape index (κ1) is 14.8. The van der Waals surface area contributed by atoms with E-state index in [1.165, 1.54) is 11.1 Å². The van der Waals surface area contributed by atoms with Crippen molar-refractivity contribution in [1.29, 1.82) is 0 Å². The second kappa shape index (κ2) is 6.72. The molecule has 0 radical (unpaired) electrons. The average molecular weight is 310 g/mol. The SMILES string of the molecule is CCc1ccc(CNC(=O)c2cnc(NC)c(Cl)c2)s1. The second-order valence-electron chi connectivity index (χ2n) is 4.21. The fraction of sp³-hybridized carbons (Fsp3) is 0.286. The van der Waals surface area contributed by atoms with Crippen LogP contribution in [0.25, 0.3) is 0 Å². The van der Waals surface area contributed by atoms with Crippen LogP contribution in [0.1, 0.15) is 27.0 Å². The predicted molar refractivity (Wildman–Crippen MR) is 83.7 cm³/mol. The number of hydrogen-bond donors (Lipinski definition) is 2. The molecule has 2 N–H and O–H groups in total. The van der Waals surface area contributed by atoms with Crippen LogP contribution in [0.15, 0.2) is 24.4 Å². The van der Waals surface area contributed by atoms with Crippen molar-refractivity contribution in [3.05, 3.63) is 44.7 Å². The van der Waals surface area contributed by atoms with E-state index >= 15 is 0 Å². The van der Waals surface area contributed by atoms with Gasteiger partial charge in [-0.3, -0.25) is 4.79 Å². The van der Waals surface area contributed by atoms with Gasteiger partial charge in [0.15, 0.2) is 0 Å². The van der Waals surface area contributed by atoms with Gasteiger partial charge >= 0.3 is 0 Å². The van der Waals surface area contributed by atoms with E-state index in [9.17, 15) is 4.79 Å². The van der Waals surface area contributed by atoms with Crippen LogP contribution in [0.2, 0.25) is 5.02 Å². The van der Waals surface area contributed by atoms with Crippen molar-refractivity contribution in [2.24, 2.45) is 0 Å². The lowest BCUT2D eigenvalue weighted by molar-refractivity contribution is 0.0951. The first-order valence-corrected chi connectivity index (χ1v) is 7.52. The molecule has 0 aromatic carbocycles. The molecule has 0 unspecified atom stereocenters. The number of carbonyl (C=O) groups excluding carboxylic acids is 1. The number of thiophene rings is 1. The number of halogens is 1. The van der Waals surface area contributed by atoms with Gasteiger partial charge in [0, 0.05) is 23.0 Å². The molecular weight excluding hydrogens is 294 g/mol. The molecule has 106 valence electrons. The highest BCUT2D eigenvalue weighted by atomic mass is 35.5. The minimum Gasteiger partial charge on any atom is -0.372 e. The molecule has 0 atom stereocenters. The molecule has 6 heteroatoms. The van der Waals surface area contributed by atoms with Gasteiger partial charge in [0.2, 0.25) is 0 Å². The van der Waals surface area contributed by atoms with Crippen molar-refractivity contribution in [2.75, 3.05) is 12.4 Å². The quantitative estimate of drug-likeness (QED) is 0.890. The Hall–Kier alpha value is -1.59. The molecule has 2 heterocycles. The summed E-state index contributed by atoms with van der Waals surface area (Å²) in [4.78, 5) is 18.6. The first-order valence-electron chi connectivity index (χ1n) is 6.33. The lowest BCUT2D eigenvalue weighted by atomic mass is 10.2. The van der Waals surface area contributed by atoms with E-state index in [0.29, 0.717) is 22.9 Å². The van der Waals surface area contributed by atoms with Gasteiger partial charge < -0.3 is 10.6 Å². The molecule has 2 rings (SSSR count). The maximum Gasteiger partial charge on any atom is 0.253 e. The van der Waals surface area contributed by atoms with Crippen LogP contribution in [0.5, 0.6) is 0 Å². The molecular formula is C14H16ClN3OS. The maximum absolute atomic E-state index is 12.0. The van der Waals surface area contributed by atoms with Crippen molar-refractivity contribution >= 4 is 34.7 Å². The summed E-state index contributed by atoms with van der Waals surface area (Å²) in [6, 6.07) is 5.74. The van der Waals surface area contributed by atoms with Gasteiger partial charge in [0.25, 0.3) is 5.91 Å². The molecule has 4 nitrogen and oxygen atoms in total. The number of nitrogens with one attached hydrogen (secondary N) is 2. The maximum atomic E-state index is 12.0. The van der Waals surface area contributed by atoms with Gasteiger partial charge in [-0.15, -0.1) is 11.3 Å². The van der Waals surface area contributed by atoms with Gasteiger partial charge in [0.05, 0.1) is 17.1 Å². The molecule has 0 aliphatic heterocycles. The largest absolute Gasteiger partial charge is 0.372 e. The Morgan fingerprint density at radius 2 is 2.15 bits per heavy atom. The molecule has 1 amide bonds. The smallest absolute Gasteiger partial charge is 0.253 e. The number of pyridine rings is 1. The molecule has 0 spiro atoms. The zero-order valence-corrected chi connectivity index (χ0v) is 12.9. The van der Waals surface area contributed by atoms with Gasteiger partial charge in [-0.05, 0) is 24.6 Å². The summed E-state index contributed by atoms with van der Waals surface area (Å²) in [5, 5.41) is 6.16. The third-order valence-electron chi connectivity index (χ3n) is 2.83. The normalized spacial score (nSPS) is 10.3. The van der Waals surface area contributed by atoms with Crippen molar-refractivity contribution in [3.8, 4) is 0 Å². The third-order valence-corrected chi connectivity index (χ3v) is 4.35. The van der Waals surface area contributed by atoms with E-state index in [1.54, 1.807) is 24.5 Å². The van der Waals surface area contributed by atoms with E-state index in [4.69, 9.17) is 11.6 Å². The van der Waals surface area contributed by atoms with Crippen molar-refractivity contribution in [3.63, 3.8) is 0 Å². The summed E-state index contributed by atoms with van der Waals surface area (Å²) in [5.41, 5.74) is 0.460. The monoisotopic (exact) mass is 309 g/mol. The topological polar surface area (TPSA) is 54.0 Å². The number of carbonyl (C=O) groups is 1. The van der Waals surface area contributed by atoms with Gasteiger partial charge in [-0.25, -0.2) is 4.98 Å². The first-order chi connectivity index (χ1) is 9.63. The predicted octanol–water partition coefficient (Wildman–Crippen LogP) is 3.33. The fourth-order valence-electron chi connectivity index (χ4n) is 1.72. The van der Waals surface area contributed by atoms with Crippen LogP contribution in [-0.2, 0) is 13.0 Å². The summed E-state index contributed by atoms with van der Waals surface area (Å²) in [5.74, 6) is 0.391. The third kappa shape index (κ3) is 3.49. The summed E-state index contributed by atoms with van der Waals surface area (Å²) in [6.07, 6.45) is 2.53. The lowest BCUT2D eigenvalue weighted by Gasteiger charge is -2.06. The van der Waals surface area contributed by atoms with Crippen LogP contribution < -0.4 is 10.6 Å². The van der Waals surface area contributed by atoms with Crippen LogP contribution in [0.4, 0.5) is 5.82 Å². The molecule has 0 aliphatic rings. The molecule has 0 bridgehead atoms. The van der Waals surface area contributed by atoms with Crippen LogP contribution >= 0.6 is 22.9 Å². The standard InChI is InChI=1S/C14H16ClN3OS/c1-3-10-4-5-11(20-10)8-18-14(19)9-6-12(15)13(16-2)17-7-9/h4-7H,3,8H2,1-2H3,(H,16,17)(H,18,19). The summed E-state index contributed by atoms with van der Waals surface area (Å²) < 4.78 is 0. The Labute approximate surface area is 127 Å². The minimum atomic E-state index is -0.173. The van der Waals surface area contributed by atoms with Crippen LogP contribution in [0.3, 0.4) is 0 Å². The molecule has 2 aromatic rings. The average Bonchev–Trinajstić information content (AvgIpc) is 2.92. The van der Waals surface area contributed by atoms with Crippen molar-refractivity contribution < 1.29 is 4.79 Å². The van der Waals surface area contributed by atoms with Crippen molar-refractivity contribution in [1.82, 2.24) is 10.3 Å². The fourth-order valence-corrected chi connectivity index (χ4v) is 2.88. The highest BCUT2D eigenvalue weighted by molar-refractivity contribution is 7.11. The highest BCUT2D eigenvalue weighted by Crippen LogP contribution is 2.20. The van der Waals surface area contributed by atoms with E-state index in [2.05, 4.69) is 28.6 Å². The number of hydrogen-bond acceptors (Lipinski definition) is 4. The molecule has 20 heavy (non-hydrogen) atoms. The Bertz CT molecular complexity index is 612. The Kier molecular flexibility index (Phi) is 4.98. The summed E-state index contributed by atoms with van der Waals surface area (Å²) in [6.45, 7) is 2.64. The molecule has 2 aromatic heterocycles. The van der Waals surface area contributed by atoms with E-state index in [0.717, 1.165) is 11.3 Å². The van der Waals surface area contributed by atoms with Crippen LogP contribution in [0, 0.1) is 0 Å². The summed E-state index contributed by atoms with van der Waals surface area (Å²) in [7, 11) is 1.73. The second-order valence-corrected chi connectivity index (χ2v) is 5.87. The molecule has 0 aliphatic carbocycles. The van der Waals surface area contributed by atoms with Crippen molar-refractivity contribution in [2.45, 2.75) is 19.9 Å². The molecule has 0 fully saturated rings. The minimum absolute atomic E-state index is 0.173. The Morgan fingerprint density at radius 1 is 1.40 bits per heavy atom. The number of rotatable bonds is 5. The van der Waals surface area contributed by atoms with Gasteiger partial charge in [-0.2, -0.15) is 0 Å². The lowest BCUT2D eigenvalue weighted by Crippen LogP contribution is -2.22. The Balaban J connectivity index is 1.99. The number of anilines is 1. The Morgan fingerprint density at radius 3 is 2.75 bits per heavy atom. The highest BCUT2D eigenvalue weighted by Gasteiger charge is 2.09. The number of aromatic nitrogens is 1. The molecule has 0 saturated carbocycles. The number of aryl methyl sites for hydroxylation is 1. The van der Waals surface area contributed by atoms with E-state index in [-0.39, 0.29) is 5.91 Å². The van der Waals surface area contributed by atoms with E-state index in [1.807, 2.05) is 6.07 Å². The van der Waals surface area contributed by atoms with E-state index < -0.39 is 0 Å². The number of nitrogens with zero attached hydrogens (tertiary/aromatic N) is 1. The zero-order valence-electron chi connectivity index (χ0n) is 11.4. The summed E-state index contributed by atoms with van der Waals surface area (Å²) >= 11 is 7.72. The molecule has 0 saturated heterocycles.